The van der Waals surface area contributed by atoms with Crippen molar-refractivity contribution < 1.29 is 66.7 Å². The molecule has 0 saturated heterocycles. The van der Waals surface area contributed by atoms with Crippen LogP contribution in [-0.2, 0) is 61.6 Å². The summed E-state index contributed by atoms with van der Waals surface area (Å²) in [7, 11) is 0. The van der Waals surface area contributed by atoms with E-state index in [-0.39, 0.29) is 13.2 Å². The molecule has 0 aromatic rings. The van der Waals surface area contributed by atoms with Crippen LogP contribution in [-0.4, -0.2) is 170 Å². The average molecular weight is 617 g/mol. The summed E-state index contributed by atoms with van der Waals surface area (Å²) in [6.07, 6.45) is 2.23. The maximum atomic E-state index is 10.3. The molecule has 0 rings (SSSR count). The molecule has 0 aromatic carbocycles. The molecule has 42 heavy (non-hydrogen) atoms. The summed E-state index contributed by atoms with van der Waals surface area (Å²) in [6.45, 7) is 13.4. The first-order valence-electron chi connectivity index (χ1n) is 14.9. The van der Waals surface area contributed by atoms with Crippen LogP contribution >= 0.6 is 0 Å². The topological polar surface area (TPSA) is 148 Å². The molecule has 0 saturated carbocycles. The molecule has 1 N–H and O–H groups in total. The largest absolute Gasteiger partial charge is 0.480 e. The van der Waals surface area contributed by atoms with Gasteiger partial charge in [0.1, 0.15) is 6.61 Å². The fraction of sp³-hybridized carbons (Fsp3) is 0.964. The number of hydrogen-bond donors (Lipinski definition) is 1. The maximum Gasteiger partial charge on any atom is 0.329 e. The Balaban J connectivity index is 3.03. The molecule has 0 aromatic heterocycles. The molecule has 252 valence electrons. The average Bonchev–Trinajstić information content (AvgIpc) is 2.98. The molecule has 0 aliphatic heterocycles. The van der Waals surface area contributed by atoms with E-state index < -0.39 is 5.97 Å². The van der Waals surface area contributed by atoms with E-state index in [2.05, 4.69) is 6.92 Å². The van der Waals surface area contributed by atoms with Crippen molar-refractivity contribution in [2.45, 2.75) is 19.8 Å². The third-order valence-electron chi connectivity index (χ3n) is 4.96. The molecule has 0 spiro atoms. The highest BCUT2D eigenvalue weighted by Crippen LogP contribution is 1.89. The molecule has 0 aliphatic rings. The Bertz CT molecular complexity index is 515. The second-order valence-corrected chi connectivity index (χ2v) is 8.54. The van der Waals surface area contributed by atoms with Crippen LogP contribution in [0, 0.1) is 0 Å². The van der Waals surface area contributed by atoms with Crippen LogP contribution in [0.2, 0.25) is 0 Å². The summed E-state index contributed by atoms with van der Waals surface area (Å²) in [5.74, 6) is -0.995. The molecular weight excluding hydrogens is 560 g/mol. The van der Waals surface area contributed by atoms with E-state index in [0.29, 0.717) is 139 Å². The Morgan fingerprint density at radius 1 is 0.357 bits per heavy atom. The van der Waals surface area contributed by atoms with Gasteiger partial charge in [-0.3, -0.25) is 0 Å². The molecule has 0 heterocycles. The molecule has 0 radical (unpaired) electrons. The lowest BCUT2D eigenvalue weighted by atomic mass is 10.4. The monoisotopic (exact) mass is 616 g/mol. The molecule has 14 heteroatoms. The normalized spacial score (nSPS) is 11.5. The van der Waals surface area contributed by atoms with Crippen molar-refractivity contribution in [1.29, 1.82) is 0 Å². The number of rotatable bonds is 38. The van der Waals surface area contributed by atoms with Gasteiger partial charge >= 0.3 is 5.97 Å². The third-order valence-corrected chi connectivity index (χ3v) is 4.96. The lowest BCUT2D eigenvalue weighted by Crippen LogP contribution is -2.15. The Morgan fingerprint density at radius 2 is 0.548 bits per heavy atom. The Kier molecular flexibility index (Phi) is 37.1. The Morgan fingerprint density at radius 3 is 0.738 bits per heavy atom. The van der Waals surface area contributed by atoms with Gasteiger partial charge < -0.3 is 61.9 Å². The smallest absolute Gasteiger partial charge is 0.329 e. The van der Waals surface area contributed by atoms with Gasteiger partial charge in [0.2, 0.25) is 0 Å². The van der Waals surface area contributed by atoms with Crippen LogP contribution in [0.3, 0.4) is 0 Å². The molecule has 14 nitrogen and oxygen atoms in total. The Labute approximate surface area is 251 Å². The predicted octanol–water partition coefficient (Wildman–Crippen LogP) is 1.07. The van der Waals surface area contributed by atoms with Crippen molar-refractivity contribution in [3.05, 3.63) is 0 Å². The highest BCUT2D eigenvalue weighted by Gasteiger charge is 1.98. The summed E-state index contributed by atoms with van der Waals surface area (Å²) >= 11 is 0. The Hall–Kier alpha value is -1.01. The summed E-state index contributed by atoms with van der Waals surface area (Å²) < 4.78 is 64.4. The van der Waals surface area contributed by atoms with Gasteiger partial charge in [0.25, 0.3) is 0 Å². The highest BCUT2D eigenvalue weighted by molar-refractivity contribution is 5.67. The van der Waals surface area contributed by atoms with E-state index in [0.717, 1.165) is 19.4 Å². The van der Waals surface area contributed by atoms with E-state index in [1.807, 2.05) is 0 Å². The summed E-state index contributed by atoms with van der Waals surface area (Å²) in [5.41, 5.74) is 0. The number of aliphatic carboxylic acids is 1. The van der Waals surface area contributed by atoms with E-state index in [9.17, 15) is 4.79 Å². The summed E-state index contributed by atoms with van der Waals surface area (Å²) in [4.78, 5) is 10.3. The number of unbranched alkanes of at least 4 members (excludes halogenated alkanes) is 1. The zero-order valence-electron chi connectivity index (χ0n) is 25.6. The summed E-state index contributed by atoms with van der Waals surface area (Å²) in [5, 5.41) is 8.41. The van der Waals surface area contributed by atoms with E-state index in [4.69, 9.17) is 61.9 Å². The minimum Gasteiger partial charge on any atom is -0.480 e. The fourth-order valence-electron chi connectivity index (χ4n) is 2.82. The lowest BCUT2D eigenvalue weighted by molar-refractivity contribution is -0.142. The van der Waals surface area contributed by atoms with Crippen LogP contribution in [0.5, 0.6) is 0 Å². The van der Waals surface area contributed by atoms with Gasteiger partial charge in [0.15, 0.2) is 0 Å². The number of carbonyl (C=O) groups is 1. The minimum absolute atomic E-state index is 0.243. The highest BCUT2D eigenvalue weighted by atomic mass is 16.6. The fourth-order valence-corrected chi connectivity index (χ4v) is 2.82. The zero-order valence-corrected chi connectivity index (χ0v) is 25.6. The molecule has 0 fully saturated rings. The van der Waals surface area contributed by atoms with Gasteiger partial charge in [-0.2, -0.15) is 0 Å². The number of carboxylic acid groups (broad SMARTS) is 1. The van der Waals surface area contributed by atoms with Crippen LogP contribution in [0.15, 0.2) is 0 Å². The van der Waals surface area contributed by atoms with Crippen LogP contribution < -0.4 is 0 Å². The maximum absolute atomic E-state index is 10.3. The van der Waals surface area contributed by atoms with E-state index in [1.165, 1.54) is 0 Å². The van der Waals surface area contributed by atoms with E-state index in [1.54, 1.807) is 0 Å². The van der Waals surface area contributed by atoms with Gasteiger partial charge in [-0.25, -0.2) is 4.79 Å². The first-order valence-corrected chi connectivity index (χ1v) is 14.9. The van der Waals surface area contributed by atoms with Gasteiger partial charge in [0, 0.05) is 6.61 Å². The predicted molar refractivity (Wildman–Crippen MR) is 152 cm³/mol. The molecule has 0 aliphatic carbocycles. The minimum atomic E-state index is -0.995. The quantitative estimate of drug-likeness (QED) is 0.0986. The lowest BCUT2D eigenvalue weighted by Gasteiger charge is -2.09. The number of hydrogen-bond acceptors (Lipinski definition) is 13. The van der Waals surface area contributed by atoms with Crippen molar-refractivity contribution in [2.24, 2.45) is 0 Å². The first-order chi connectivity index (χ1) is 20.8. The third kappa shape index (κ3) is 39.0. The van der Waals surface area contributed by atoms with Gasteiger partial charge in [0.05, 0.1) is 145 Å². The van der Waals surface area contributed by atoms with Crippen LogP contribution in [0.25, 0.3) is 0 Å². The SMILES string of the molecule is CCCCOCCOCCOCCOCCOCCOCCOCCOCCOCCOCCOCCOCC(=O)O. The van der Waals surface area contributed by atoms with Gasteiger partial charge in [-0.05, 0) is 6.42 Å². The molecule has 0 unspecified atom stereocenters. The molecular formula is C28H56O14. The summed E-state index contributed by atoms with van der Waals surface area (Å²) in [6, 6.07) is 0. The van der Waals surface area contributed by atoms with Crippen molar-refractivity contribution in [3.8, 4) is 0 Å². The standard InChI is InChI=1S/C28H56O14/c1-2-3-4-31-5-6-32-7-8-33-9-10-34-11-12-35-13-14-36-15-16-37-17-18-38-19-20-39-21-22-40-23-24-41-25-26-42-27-28(29)30/h2-27H2,1H3,(H,29,30). The second kappa shape index (κ2) is 38.0. The van der Waals surface area contributed by atoms with Crippen molar-refractivity contribution >= 4 is 5.97 Å². The van der Waals surface area contributed by atoms with Crippen LogP contribution in [0.4, 0.5) is 0 Å². The van der Waals surface area contributed by atoms with Crippen molar-refractivity contribution in [1.82, 2.24) is 0 Å². The van der Waals surface area contributed by atoms with Gasteiger partial charge in [-0.15, -0.1) is 0 Å². The van der Waals surface area contributed by atoms with Crippen LogP contribution in [0.1, 0.15) is 19.8 Å². The number of ether oxygens (including phenoxy) is 12. The first kappa shape index (κ1) is 41.0. The zero-order chi connectivity index (χ0) is 30.4. The van der Waals surface area contributed by atoms with Crippen molar-refractivity contribution in [3.63, 3.8) is 0 Å². The second-order valence-electron chi connectivity index (χ2n) is 8.54. The van der Waals surface area contributed by atoms with Gasteiger partial charge in [-0.1, -0.05) is 13.3 Å². The molecule has 0 atom stereocenters. The van der Waals surface area contributed by atoms with E-state index >= 15 is 0 Å². The molecule has 0 bridgehead atoms. The number of carboxylic acids is 1. The van der Waals surface area contributed by atoms with Crippen molar-refractivity contribution in [2.75, 3.05) is 159 Å². The molecule has 0 amide bonds.